The highest BCUT2D eigenvalue weighted by Crippen LogP contribution is 2.26. The number of sulfonamides is 1. The quantitative estimate of drug-likeness (QED) is 0.873. The predicted molar refractivity (Wildman–Crippen MR) is 73.5 cm³/mol. The lowest BCUT2D eigenvalue weighted by Gasteiger charge is -2.15. The Morgan fingerprint density at radius 3 is 2.83 bits per heavy atom. The highest BCUT2D eigenvalue weighted by Gasteiger charge is 2.24. The Morgan fingerprint density at radius 1 is 1.39 bits per heavy atom. The number of hydrogen-bond acceptors (Lipinski definition) is 4. The van der Waals surface area contributed by atoms with Crippen molar-refractivity contribution >= 4 is 33.0 Å². The zero-order valence-corrected chi connectivity index (χ0v) is 12.6. The van der Waals surface area contributed by atoms with Crippen molar-refractivity contribution in [2.75, 3.05) is 0 Å². The zero-order chi connectivity index (χ0) is 13.2. The minimum Gasteiger partial charge on any atom is -0.232 e. The van der Waals surface area contributed by atoms with Gasteiger partial charge in [-0.1, -0.05) is 42.7 Å². The van der Waals surface area contributed by atoms with Gasteiger partial charge in [0.1, 0.15) is 0 Å². The Balaban J connectivity index is 2.04. The number of thiazole rings is 1. The molecule has 2 atom stereocenters. The summed E-state index contributed by atoms with van der Waals surface area (Å²) in [6.45, 7) is 2.22. The van der Waals surface area contributed by atoms with E-state index in [0.717, 1.165) is 37.0 Å². The first-order valence-corrected chi connectivity index (χ1v) is 8.79. The Labute approximate surface area is 117 Å². The van der Waals surface area contributed by atoms with Crippen LogP contribution in [-0.4, -0.2) is 19.4 Å². The molecule has 1 aromatic heterocycles. The van der Waals surface area contributed by atoms with Gasteiger partial charge in [0.2, 0.25) is 0 Å². The SMILES string of the molecule is CC1CCCC(NS(=O)(=O)c2cnc(Cl)s2)CC1. The van der Waals surface area contributed by atoms with Crippen molar-refractivity contribution in [2.24, 2.45) is 5.92 Å². The average Bonchev–Trinajstić information content (AvgIpc) is 2.63. The average molecular weight is 309 g/mol. The lowest BCUT2D eigenvalue weighted by molar-refractivity contribution is 0.485. The summed E-state index contributed by atoms with van der Waals surface area (Å²) in [4.78, 5) is 3.77. The topological polar surface area (TPSA) is 59.1 Å². The van der Waals surface area contributed by atoms with Gasteiger partial charge in [0, 0.05) is 6.04 Å². The van der Waals surface area contributed by atoms with Gasteiger partial charge in [0.15, 0.2) is 8.68 Å². The summed E-state index contributed by atoms with van der Waals surface area (Å²) in [5, 5.41) is 0. The van der Waals surface area contributed by atoms with Gasteiger partial charge in [0.05, 0.1) is 6.20 Å². The van der Waals surface area contributed by atoms with Crippen LogP contribution in [0, 0.1) is 5.92 Å². The predicted octanol–water partition coefficient (Wildman–Crippen LogP) is 3.04. The molecule has 7 heteroatoms. The Kier molecular flexibility index (Phi) is 4.64. The van der Waals surface area contributed by atoms with Crippen molar-refractivity contribution in [3.63, 3.8) is 0 Å². The molecule has 1 N–H and O–H groups in total. The fourth-order valence-electron chi connectivity index (χ4n) is 2.25. The molecule has 0 aliphatic heterocycles. The molecule has 1 aliphatic carbocycles. The molecule has 4 nitrogen and oxygen atoms in total. The second kappa shape index (κ2) is 5.86. The summed E-state index contributed by atoms with van der Waals surface area (Å²) < 4.78 is 27.4. The first-order chi connectivity index (χ1) is 8.47. The molecule has 102 valence electrons. The maximum atomic E-state index is 12.1. The molecule has 1 heterocycles. The van der Waals surface area contributed by atoms with E-state index in [1.54, 1.807) is 0 Å². The fourth-order valence-corrected chi connectivity index (χ4v) is 4.86. The Morgan fingerprint density at radius 2 is 2.17 bits per heavy atom. The summed E-state index contributed by atoms with van der Waals surface area (Å²) in [5.74, 6) is 0.692. The van der Waals surface area contributed by atoms with Crippen LogP contribution in [0.5, 0.6) is 0 Å². The smallest absolute Gasteiger partial charge is 0.232 e. The molecule has 0 bridgehead atoms. The summed E-state index contributed by atoms with van der Waals surface area (Å²) in [7, 11) is -3.45. The van der Waals surface area contributed by atoms with Crippen molar-refractivity contribution in [3.8, 4) is 0 Å². The lowest BCUT2D eigenvalue weighted by Crippen LogP contribution is -2.34. The summed E-state index contributed by atoms with van der Waals surface area (Å²) in [6.07, 6.45) is 6.48. The molecule has 1 saturated carbocycles. The van der Waals surface area contributed by atoms with Crippen molar-refractivity contribution in [1.82, 2.24) is 9.71 Å². The minimum atomic E-state index is -3.45. The van der Waals surface area contributed by atoms with E-state index < -0.39 is 10.0 Å². The van der Waals surface area contributed by atoms with Gasteiger partial charge in [-0.3, -0.25) is 0 Å². The van der Waals surface area contributed by atoms with E-state index in [4.69, 9.17) is 11.6 Å². The van der Waals surface area contributed by atoms with Crippen LogP contribution in [0.15, 0.2) is 10.4 Å². The van der Waals surface area contributed by atoms with Crippen LogP contribution >= 0.6 is 22.9 Å². The van der Waals surface area contributed by atoms with E-state index in [9.17, 15) is 8.42 Å². The minimum absolute atomic E-state index is 0.0424. The molecule has 0 radical (unpaired) electrons. The maximum Gasteiger partial charge on any atom is 0.251 e. The molecule has 18 heavy (non-hydrogen) atoms. The number of hydrogen-bond donors (Lipinski definition) is 1. The monoisotopic (exact) mass is 308 g/mol. The van der Waals surface area contributed by atoms with Gasteiger partial charge in [-0.15, -0.1) is 0 Å². The second-order valence-corrected chi connectivity index (χ2v) is 8.42. The highest BCUT2D eigenvalue weighted by molar-refractivity contribution is 7.91. The van der Waals surface area contributed by atoms with E-state index in [1.165, 1.54) is 12.6 Å². The highest BCUT2D eigenvalue weighted by atomic mass is 35.5. The number of nitrogens with zero attached hydrogens (tertiary/aromatic N) is 1. The number of aromatic nitrogens is 1. The van der Waals surface area contributed by atoms with Crippen LogP contribution in [0.1, 0.15) is 39.0 Å². The summed E-state index contributed by atoms with van der Waals surface area (Å²) in [6, 6.07) is 0.0424. The molecule has 0 aromatic carbocycles. The standard InChI is InChI=1S/C11H17ClN2O2S2/c1-8-3-2-4-9(6-5-8)14-18(15,16)10-7-13-11(12)17-10/h7-9,14H,2-6H2,1H3. The van der Waals surface area contributed by atoms with Crippen LogP contribution in [-0.2, 0) is 10.0 Å². The van der Waals surface area contributed by atoms with E-state index >= 15 is 0 Å². The van der Waals surface area contributed by atoms with Gasteiger partial charge in [-0.05, 0) is 25.2 Å². The summed E-state index contributed by atoms with van der Waals surface area (Å²) in [5.41, 5.74) is 0. The first-order valence-electron chi connectivity index (χ1n) is 6.11. The molecular formula is C11H17ClN2O2S2. The fraction of sp³-hybridized carbons (Fsp3) is 0.727. The van der Waals surface area contributed by atoms with E-state index in [0.29, 0.717) is 5.92 Å². The first kappa shape index (κ1) is 14.2. The van der Waals surface area contributed by atoms with Crippen LogP contribution in [0.3, 0.4) is 0 Å². The van der Waals surface area contributed by atoms with Gasteiger partial charge < -0.3 is 0 Å². The zero-order valence-electron chi connectivity index (χ0n) is 10.2. The van der Waals surface area contributed by atoms with Gasteiger partial charge in [0.25, 0.3) is 10.0 Å². The summed E-state index contributed by atoms with van der Waals surface area (Å²) >= 11 is 6.66. The molecule has 0 amide bonds. The van der Waals surface area contributed by atoms with Crippen LogP contribution < -0.4 is 4.72 Å². The molecule has 0 saturated heterocycles. The largest absolute Gasteiger partial charge is 0.251 e. The molecular weight excluding hydrogens is 292 g/mol. The Hall–Kier alpha value is -0.170. The van der Waals surface area contributed by atoms with Crippen molar-refractivity contribution < 1.29 is 8.42 Å². The van der Waals surface area contributed by atoms with E-state index in [1.807, 2.05) is 0 Å². The number of rotatable bonds is 3. The molecule has 1 aliphatic rings. The van der Waals surface area contributed by atoms with E-state index in [-0.39, 0.29) is 14.7 Å². The third-order valence-corrected chi connectivity index (χ3v) is 6.40. The van der Waals surface area contributed by atoms with Gasteiger partial charge >= 0.3 is 0 Å². The number of nitrogens with one attached hydrogen (secondary N) is 1. The molecule has 0 spiro atoms. The lowest BCUT2D eigenvalue weighted by atomic mass is 10.0. The third-order valence-electron chi connectivity index (χ3n) is 3.30. The number of halogens is 1. The third kappa shape index (κ3) is 3.66. The molecule has 2 rings (SSSR count). The van der Waals surface area contributed by atoms with Crippen molar-refractivity contribution in [2.45, 2.75) is 49.3 Å². The van der Waals surface area contributed by atoms with Crippen molar-refractivity contribution in [3.05, 3.63) is 10.7 Å². The normalized spacial score (nSPS) is 25.9. The molecule has 1 aromatic rings. The van der Waals surface area contributed by atoms with Crippen molar-refractivity contribution in [1.29, 1.82) is 0 Å². The second-order valence-electron chi connectivity index (χ2n) is 4.86. The van der Waals surface area contributed by atoms with Crippen LogP contribution in [0.25, 0.3) is 0 Å². The van der Waals surface area contributed by atoms with Crippen LogP contribution in [0.4, 0.5) is 0 Å². The van der Waals surface area contributed by atoms with E-state index in [2.05, 4.69) is 16.6 Å². The maximum absolute atomic E-state index is 12.1. The Bertz CT molecular complexity index is 501. The van der Waals surface area contributed by atoms with Gasteiger partial charge in [-0.25, -0.2) is 18.1 Å². The van der Waals surface area contributed by atoms with Gasteiger partial charge in [-0.2, -0.15) is 0 Å². The van der Waals surface area contributed by atoms with Crippen LogP contribution in [0.2, 0.25) is 4.47 Å². The molecule has 1 fully saturated rings. The molecule has 2 unspecified atom stereocenters.